The lowest BCUT2D eigenvalue weighted by molar-refractivity contribution is 0.0936. The average Bonchev–Trinajstić information content (AvgIpc) is 2.98. The second-order valence-corrected chi connectivity index (χ2v) is 4.76. The average molecular weight is 326 g/mol. The third-order valence-corrected chi connectivity index (χ3v) is 2.88. The van der Waals surface area contributed by atoms with Crippen LogP contribution in [0.25, 0.3) is 0 Å². The van der Waals surface area contributed by atoms with Crippen molar-refractivity contribution in [3.05, 3.63) is 34.3 Å². The second kappa shape index (κ2) is 5.70. The van der Waals surface area contributed by atoms with Crippen LogP contribution >= 0.6 is 15.9 Å². The Bertz CT molecular complexity index is 552. The minimum Gasteiger partial charge on any atom is -0.369 e. The van der Waals surface area contributed by atoms with Crippen molar-refractivity contribution in [2.75, 3.05) is 12.3 Å². The van der Waals surface area contributed by atoms with Gasteiger partial charge in [0, 0.05) is 23.6 Å². The van der Waals surface area contributed by atoms with Gasteiger partial charge in [-0.1, -0.05) is 0 Å². The number of anilines is 1. The van der Waals surface area contributed by atoms with Crippen LogP contribution in [0.15, 0.2) is 22.9 Å². The van der Waals surface area contributed by atoms with Crippen LogP contribution in [0.1, 0.15) is 27.4 Å². The molecule has 8 heteroatoms. The highest BCUT2D eigenvalue weighted by Gasteiger charge is 2.11. The monoisotopic (exact) mass is 325 g/mol. The number of carbonyl (C=O) groups is 2. The molecular formula is C11H12BrN5O2. The van der Waals surface area contributed by atoms with Crippen molar-refractivity contribution in [2.45, 2.75) is 6.42 Å². The molecule has 2 aromatic heterocycles. The Morgan fingerprint density at radius 2 is 2.21 bits per heavy atom. The molecule has 19 heavy (non-hydrogen) atoms. The first-order valence-corrected chi connectivity index (χ1v) is 6.31. The summed E-state index contributed by atoms with van der Waals surface area (Å²) in [4.78, 5) is 32.5. The number of hydrogen-bond acceptors (Lipinski definition) is 4. The Morgan fingerprint density at radius 3 is 2.79 bits per heavy atom. The van der Waals surface area contributed by atoms with E-state index in [2.05, 4.69) is 36.2 Å². The zero-order chi connectivity index (χ0) is 13.8. The molecule has 7 nitrogen and oxygen atoms in total. The van der Waals surface area contributed by atoms with Crippen LogP contribution < -0.4 is 11.1 Å². The molecule has 0 aliphatic heterocycles. The molecule has 0 aliphatic carbocycles. The largest absolute Gasteiger partial charge is 0.369 e. The zero-order valence-electron chi connectivity index (χ0n) is 9.87. The maximum Gasteiger partial charge on any atom is 0.267 e. The Kier molecular flexibility index (Phi) is 4.00. The highest BCUT2D eigenvalue weighted by atomic mass is 79.9. The summed E-state index contributed by atoms with van der Waals surface area (Å²) in [5.74, 6) is -0.219. The van der Waals surface area contributed by atoms with E-state index in [4.69, 9.17) is 5.73 Å². The number of aromatic nitrogens is 3. The fourth-order valence-corrected chi connectivity index (χ4v) is 1.84. The number of rotatable bonds is 5. The van der Waals surface area contributed by atoms with Crippen molar-refractivity contribution in [3.8, 4) is 0 Å². The summed E-state index contributed by atoms with van der Waals surface area (Å²) in [6, 6.07) is 1.66. The maximum atomic E-state index is 11.7. The number of hydrogen-bond donors (Lipinski definition) is 4. The van der Waals surface area contributed by atoms with Crippen molar-refractivity contribution in [2.24, 2.45) is 0 Å². The molecule has 0 aliphatic rings. The van der Waals surface area contributed by atoms with Crippen molar-refractivity contribution in [3.63, 3.8) is 0 Å². The van der Waals surface area contributed by atoms with E-state index in [9.17, 15) is 9.59 Å². The van der Waals surface area contributed by atoms with E-state index in [0.717, 1.165) is 4.47 Å². The van der Waals surface area contributed by atoms with Gasteiger partial charge in [0.05, 0.1) is 6.20 Å². The van der Waals surface area contributed by atoms with Crippen molar-refractivity contribution < 1.29 is 9.59 Å². The van der Waals surface area contributed by atoms with Crippen molar-refractivity contribution >= 4 is 33.6 Å². The molecule has 2 heterocycles. The van der Waals surface area contributed by atoms with Crippen LogP contribution in [-0.4, -0.2) is 33.2 Å². The number of carbonyl (C=O) groups excluding carboxylic acids is 2. The number of amides is 1. The maximum absolute atomic E-state index is 11.7. The molecule has 0 aromatic carbocycles. The summed E-state index contributed by atoms with van der Waals surface area (Å²) in [6.45, 7) is 0.243. The number of imidazole rings is 1. The predicted molar refractivity (Wildman–Crippen MR) is 72.8 cm³/mol. The van der Waals surface area contributed by atoms with Gasteiger partial charge >= 0.3 is 0 Å². The minimum absolute atomic E-state index is 0.155. The fraction of sp³-hybridized carbons (Fsp3) is 0.182. The molecule has 0 saturated carbocycles. The Morgan fingerprint density at radius 1 is 1.42 bits per heavy atom. The molecule has 0 radical (unpaired) electrons. The Balaban J connectivity index is 1.80. The van der Waals surface area contributed by atoms with Gasteiger partial charge < -0.3 is 21.0 Å². The number of nitrogens with two attached hydrogens (primary N) is 1. The van der Waals surface area contributed by atoms with Gasteiger partial charge in [-0.2, -0.15) is 0 Å². The van der Waals surface area contributed by atoms with Gasteiger partial charge in [0.1, 0.15) is 11.4 Å². The molecular weight excluding hydrogens is 314 g/mol. The summed E-state index contributed by atoms with van der Waals surface area (Å²) >= 11 is 3.24. The van der Waals surface area contributed by atoms with E-state index in [1.54, 1.807) is 12.3 Å². The molecule has 5 N–H and O–H groups in total. The molecule has 100 valence electrons. The number of nitrogen functional groups attached to an aromatic ring is 1. The summed E-state index contributed by atoms with van der Waals surface area (Å²) in [6.07, 6.45) is 3.21. The van der Waals surface area contributed by atoms with Crippen LogP contribution in [0.5, 0.6) is 0 Å². The van der Waals surface area contributed by atoms with Crippen LogP contribution in [-0.2, 0) is 0 Å². The van der Waals surface area contributed by atoms with Gasteiger partial charge in [-0.15, -0.1) is 0 Å². The normalized spacial score (nSPS) is 10.4. The van der Waals surface area contributed by atoms with Crippen molar-refractivity contribution in [1.82, 2.24) is 20.3 Å². The third kappa shape index (κ3) is 3.44. The number of nitrogens with zero attached hydrogens (tertiary/aromatic N) is 1. The van der Waals surface area contributed by atoms with E-state index in [-0.39, 0.29) is 30.6 Å². The zero-order valence-corrected chi connectivity index (χ0v) is 11.5. The molecule has 2 rings (SSSR count). The minimum atomic E-state index is -0.261. The molecule has 0 bridgehead atoms. The third-order valence-electron chi connectivity index (χ3n) is 2.43. The molecule has 2 aromatic rings. The molecule has 0 saturated heterocycles. The van der Waals surface area contributed by atoms with Gasteiger partial charge in [0.2, 0.25) is 0 Å². The summed E-state index contributed by atoms with van der Waals surface area (Å²) in [5.41, 5.74) is 6.15. The van der Waals surface area contributed by atoms with Crippen LogP contribution in [0.2, 0.25) is 0 Å². The number of aromatic amines is 2. The van der Waals surface area contributed by atoms with Crippen LogP contribution in [0.4, 0.5) is 5.95 Å². The molecule has 0 atom stereocenters. The smallest absolute Gasteiger partial charge is 0.267 e. The van der Waals surface area contributed by atoms with E-state index < -0.39 is 0 Å². The lowest BCUT2D eigenvalue weighted by Gasteiger charge is -2.02. The first kappa shape index (κ1) is 13.3. The highest BCUT2D eigenvalue weighted by molar-refractivity contribution is 9.10. The molecule has 0 fully saturated rings. The van der Waals surface area contributed by atoms with E-state index in [0.29, 0.717) is 11.4 Å². The second-order valence-electron chi connectivity index (χ2n) is 3.84. The summed E-state index contributed by atoms with van der Waals surface area (Å²) < 4.78 is 0.793. The summed E-state index contributed by atoms with van der Waals surface area (Å²) in [7, 11) is 0. The van der Waals surface area contributed by atoms with Gasteiger partial charge in [-0.25, -0.2) is 4.98 Å². The molecule has 1 amide bonds. The van der Waals surface area contributed by atoms with Crippen LogP contribution in [0, 0.1) is 0 Å². The Labute approximate surface area is 117 Å². The van der Waals surface area contributed by atoms with Gasteiger partial charge in [-0.05, 0) is 22.0 Å². The lowest BCUT2D eigenvalue weighted by Crippen LogP contribution is -2.26. The number of halogens is 1. The number of nitrogens with one attached hydrogen (secondary N) is 3. The quantitative estimate of drug-likeness (QED) is 0.615. The van der Waals surface area contributed by atoms with E-state index >= 15 is 0 Å². The lowest BCUT2D eigenvalue weighted by atomic mass is 10.2. The molecule has 0 unspecified atom stereocenters. The standard InChI is InChI=1S/C11H12BrN5O2/c12-6-3-7(15-4-6)10(19)14-2-1-9(18)8-5-16-11(13)17-8/h3-5,15H,1-2H2,(H,14,19)(H3,13,16,17). The van der Waals surface area contributed by atoms with E-state index in [1.807, 2.05) is 0 Å². The topological polar surface area (TPSA) is 117 Å². The first-order valence-electron chi connectivity index (χ1n) is 5.52. The van der Waals surface area contributed by atoms with Gasteiger partial charge in [0.15, 0.2) is 11.7 Å². The Hall–Kier alpha value is -2.09. The number of Topliss-reactive ketones (excluding diaryl/α,β-unsaturated/α-hetero) is 1. The van der Waals surface area contributed by atoms with E-state index in [1.165, 1.54) is 6.20 Å². The highest BCUT2D eigenvalue weighted by Crippen LogP contribution is 2.10. The van der Waals surface area contributed by atoms with Gasteiger partial charge in [0.25, 0.3) is 5.91 Å². The summed E-state index contributed by atoms with van der Waals surface area (Å²) in [5, 5.41) is 2.64. The first-order chi connectivity index (χ1) is 9.06. The SMILES string of the molecule is Nc1ncc(C(=O)CCNC(=O)c2cc(Br)c[nH]2)[nH]1. The van der Waals surface area contributed by atoms with Crippen LogP contribution in [0.3, 0.4) is 0 Å². The fourth-order valence-electron chi connectivity index (χ4n) is 1.50. The number of ketones is 1. The van der Waals surface area contributed by atoms with Crippen molar-refractivity contribution in [1.29, 1.82) is 0 Å². The number of H-pyrrole nitrogens is 2. The predicted octanol–water partition coefficient (Wildman–Crippen LogP) is 1.09. The molecule has 0 spiro atoms. The van der Waals surface area contributed by atoms with Gasteiger partial charge in [-0.3, -0.25) is 9.59 Å².